The van der Waals surface area contributed by atoms with Gasteiger partial charge in [0.05, 0.1) is 0 Å². The maximum atomic E-state index is 13.3. The minimum Gasteiger partial charge on any atom is -0.480 e. The Labute approximate surface area is 108 Å². The number of carboxylic acids is 1. The summed E-state index contributed by atoms with van der Waals surface area (Å²) in [6.07, 6.45) is 0.772. The van der Waals surface area contributed by atoms with Crippen molar-refractivity contribution in [3.05, 3.63) is 29.8 Å². The van der Waals surface area contributed by atoms with Gasteiger partial charge in [0.25, 0.3) is 0 Å². The average Bonchev–Trinajstić information content (AvgIpc) is 2.33. The van der Waals surface area contributed by atoms with Crippen molar-refractivity contribution in [2.45, 2.75) is 25.8 Å². The Hall–Kier alpha value is -2.18. The molecule has 0 aliphatic carbocycles. The van der Waals surface area contributed by atoms with E-state index in [2.05, 4.69) is 5.32 Å². The standard InChI is InChI=1S/C12H14F2N2O3/c1-2-4-9(11(17)18)15-12(19)16-10-7(13)5-3-6-8(10)14/h3,5-6,9H,2,4H2,1H3,(H,17,18)(H2,15,16,19)/t9-/m1/s1. The monoisotopic (exact) mass is 272 g/mol. The number of benzene rings is 1. The third kappa shape index (κ3) is 4.20. The molecule has 0 aromatic heterocycles. The van der Waals surface area contributed by atoms with Crippen LogP contribution in [-0.4, -0.2) is 23.1 Å². The second-order valence-corrected chi connectivity index (χ2v) is 3.87. The maximum absolute atomic E-state index is 13.3. The van der Waals surface area contributed by atoms with Gasteiger partial charge in [-0.25, -0.2) is 18.4 Å². The second-order valence-electron chi connectivity index (χ2n) is 3.87. The van der Waals surface area contributed by atoms with Crippen LogP contribution in [0.1, 0.15) is 19.8 Å². The highest BCUT2D eigenvalue weighted by molar-refractivity contribution is 5.92. The van der Waals surface area contributed by atoms with E-state index in [0.717, 1.165) is 18.2 Å². The zero-order chi connectivity index (χ0) is 14.4. The van der Waals surface area contributed by atoms with Crippen molar-refractivity contribution in [3.63, 3.8) is 0 Å². The number of aliphatic carboxylic acids is 1. The first-order valence-electron chi connectivity index (χ1n) is 5.70. The van der Waals surface area contributed by atoms with Gasteiger partial charge in [0.2, 0.25) is 0 Å². The lowest BCUT2D eigenvalue weighted by atomic mass is 10.2. The molecule has 7 heteroatoms. The summed E-state index contributed by atoms with van der Waals surface area (Å²) in [5.74, 6) is -3.07. The van der Waals surface area contributed by atoms with Crippen molar-refractivity contribution in [1.29, 1.82) is 0 Å². The summed E-state index contributed by atoms with van der Waals surface area (Å²) < 4.78 is 26.5. The fourth-order valence-corrected chi connectivity index (χ4v) is 1.47. The topological polar surface area (TPSA) is 78.4 Å². The molecule has 0 bridgehead atoms. The molecule has 1 aromatic rings. The number of carbonyl (C=O) groups is 2. The van der Waals surface area contributed by atoms with Gasteiger partial charge in [0.15, 0.2) is 0 Å². The van der Waals surface area contributed by atoms with E-state index >= 15 is 0 Å². The van der Waals surface area contributed by atoms with Crippen LogP contribution in [0.5, 0.6) is 0 Å². The highest BCUT2D eigenvalue weighted by atomic mass is 19.1. The SMILES string of the molecule is CCC[C@@H](NC(=O)Nc1c(F)cccc1F)C(=O)O. The van der Waals surface area contributed by atoms with Crippen molar-refractivity contribution < 1.29 is 23.5 Å². The van der Waals surface area contributed by atoms with Crippen LogP contribution in [0.2, 0.25) is 0 Å². The third-order valence-corrected chi connectivity index (χ3v) is 2.38. The second kappa shape index (κ2) is 6.67. The van der Waals surface area contributed by atoms with E-state index in [-0.39, 0.29) is 6.42 Å². The van der Waals surface area contributed by atoms with E-state index in [4.69, 9.17) is 5.11 Å². The lowest BCUT2D eigenvalue weighted by Crippen LogP contribution is -2.43. The van der Waals surface area contributed by atoms with Gasteiger partial charge in [-0.05, 0) is 18.6 Å². The number of amides is 2. The molecule has 0 saturated carbocycles. The zero-order valence-corrected chi connectivity index (χ0v) is 10.2. The summed E-state index contributed by atoms with van der Waals surface area (Å²) in [5, 5.41) is 12.9. The largest absolute Gasteiger partial charge is 0.480 e. The van der Waals surface area contributed by atoms with Gasteiger partial charge in [-0.15, -0.1) is 0 Å². The molecule has 0 aliphatic rings. The Balaban J connectivity index is 2.72. The van der Waals surface area contributed by atoms with Gasteiger partial charge in [0, 0.05) is 0 Å². The summed E-state index contributed by atoms with van der Waals surface area (Å²) >= 11 is 0. The summed E-state index contributed by atoms with van der Waals surface area (Å²) in [4.78, 5) is 22.3. The van der Waals surface area contributed by atoms with Crippen LogP contribution in [0.3, 0.4) is 0 Å². The molecule has 1 atom stereocenters. The number of anilines is 1. The predicted octanol–water partition coefficient (Wildman–Crippen LogP) is 2.34. The number of carbonyl (C=O) groups excluding carboxylic acids is 1. The number of hydrogen-bond acceptors (Lipinski definition) is 2. The molecule has 0 spiro atoms. The summed E-state index contributed by atoms with van der Waals surface area (Å²) in [6.45, 7) is 1.76. The van der Waals surface area contributed by atoms with Crippen LogP contribution in [0.15, 0.2) is 18.2 Å². The van der Waals surface area contributed by atoms with E-state index in [0.29, 0.717) is 6.42 Å². The quantitative estimate of drug-likeness (QED) is 0.769. The Morgan fingerprint density at radius 2 is 1.89 bits per heavy atom. The maximum Gasteiger partial charge on any atom is 0.326 e. The van der Waals surface area contributed by atoms with Crippen LogP contribution in [-0.2, 0) is 4.79 Å². The van der Waals surface area contributed by atoms with E-state index in [9.17, 15) is 18.4 Å². The molecule has 0 radical (unpaired) electrons. The summed E-state index contributed by atoms with van der Waals surface area (Å²) in [5.41, 5.74) is -0.611. The molecule has 19 heavy (non-hydrogen) atoms. The number of hydrogen-bond donors (Lipinski definition) is 3. The van der Waals surface area contributed by atoms with Gasteiger partial charge >= 0.3 is 12.0 Å². The van der Waals surface area contributed by atoms with Crippen LogP contribution >= 0.6 is 0 Å². The normalized spacial score (nSPS) is 11.7. The van der Waals surface area contributed by atoms with E-state index < -0.39 is 35.4 Å². The van der Waals surface area contributed by atoms with Crippen molar-refractivity contribution in [2.75, 3.05) is 5.32 Å². The molecule has 5 nitrogen and oxygen atoms in total. The number of rotatable bonds is 5. The highest BCUT2D eigenvalue weighted by Gasteiger charge is 2.20. The Bertz CT molecular complexity index is 460. The van der Waals surface area contributed by atoms with Crippen molar-refractivity contribution in [2.24, 2.45) is 0 Å². The molecule has 0 fully saturated rings. The average molecular weight is 272 g/mol. The van der Waals surface area contributed by atoms with Crippen molar-refractivity contribution in [1.82, 2.24) is 5.32 Å². The van der Waals surface area contributed by atoms with Crippen LogP contribution in [0.4, 0.5) is 19.3 Å². The van der Waals surface area contributed by atoms with Crippen LogP contribution in [0, 0.1) is 11.6 Å². The molecular formula is C12H14F2N2O3. The zero-order valence-electron chi connectivity index (χ0n) is 10.2. The molecule has 0 unspecified atom stereocenters. The molecule has 2 amide bonds. The van der Waals surface area contributed by atoms with Gasteiger partial charge in [-0.2, -0.15) is 0 Å². The molecule has 3 N–H and O–H groups in total. The summed E-state index contributed by atoms with van der Waals surface area (Å²) in [6, 6.07) is 1.06. The first-order valence-corrected chi connectivity index (χ1v) is 5.70. The smallest absolute Gasteiger partial charge is 0.326 e. The molecule has 1 rings (SSSR count). The number of halogens is 2. The molecule has 104 valence electrons. The molecule has 0 heterocycles. The highest BCUT2D eigenvalue weighted by Crippen LogP contribution is 2.17. The number of para-hydroxylation sites is 1. The van der Waals surface area contributed by atoms with Gasteiger partial charge in [-0.3, -0.25) is 0 Å². The van der Waals surface area contributed by atoms with Gasteiger partial charge in [-0.1, -0.05) is 19.4 Å². The molecule has 1 aromatic carbocycles. The Morgan fingerprint density at radius 3 is 2.37 bits per heavy atom. The molecule has 0 aliphatic heterocycles. The molecular weight excluding hydrogens is 258 g/mol. The molecule has 0 saturated heterocycles. The van der Waals surface area contributed by atoms with Crippen LogP contribution in [0.25, 0.3) is 0 Å². The predicted molar refractivity (Wildman–Crippen MR) is 64.8 cm³/mol. The fraction of sp³-hybridized carbons (Fsp3) is 0.333. The minimum atomic E-state index is -1.20. The van der Waals surface area contributed by atoms with E-state index in [1.54, 1.807) is 6.92 Å². The first kappa shape index (κ1) is 14.9. The van der Waals surface area contributed by atoms with Crippen molar-refractivity contribution in [3.8, 4) is 0 Å². The summed E-state index contributed by atoms with van der Waals surface area (Å²) in [7, 11) is 0. The fourth-order valence-electron chi connectivity index (χ4n) is 1.47. The van der Waals surface area contributed by atoms with Crippen LogP contribution < -0.4 is 10.6 Å². The van der Waals surface area contributed by atoms with Gasteiger partial charge < -0.3 is 15.7 Å². The Morgan fingerprint density at radius 1 is 1.32 bits per heavy atom. The Kier molecular flexibility index (Phi) is 5.23. The lowest BCUT2D eigenvalue weighted by Gasteiger charge is -2.14. The first-order chi connectivity index (χ1) is 8.95. The number of carboxylic acid groups (broad SMARTS) is 1. The number of nitrogens with one attached hydrogen (secondary N) is 2. The number of urea groups is 1. The van der Waals surface area contributed by atoms with E-state index in [1.165, 1.54) is 0 Å². The third-order valence-electron chi connectivity index (χ3n) is 2.38. The van der Waals surface area contributed by atoms with Gasteiger partial charge in [0.1, 0.15) is 23.4 Å². The lowest BCUT2D eigenvalue weighted by molar-refractivity contribution is -0.139. The van der Waals surface area contributed by atoms with Crippen molar-refractivity contribution >= 4 is 17.7 Å². The van der Waals surface area contributed by atoms with E-state index in [1.807, 2.05) is 5.32 Å². The minimum absolute atomic E-state index is 0.225.